The average Bonchev–Trinajstić information content (AvgIpc) is 2.68. The molecule has 2 rings (SSSR count). The van der Waals surface area contributed by atoms with E-state index in [-0.39, 0.29) is 24.3 Å². The van der Waals surface area contributed by atoms with E-state index in [9.17, 15) is 14.4 Å². The zero-order chi connectivity index (χ0) is 20.7. The molecule has 0 saturated carbocycles. The summed E-state index contributed by atoms with van der Waals surface area (Å²) in [6.07, 6.45) is 0.403. The Balaban J connectivity index is 1.95. The lowest BCUT2D eigenvalue weighted by Gasteiger charge is -2.16. The van der Waals surface area contributed by atoms with E-state index >= 15 is 0 Å². The molecule has 0 saturated heterocycles. The molecule has 148 valence electrons. The Morgan fingerprint density at radius 3 is 2.18 bits per heavy atom. The van der Waals surface area contributed by atoms with Crippen molar-refractivity contribution in [3.8, 4) is 0 Å². The van der Waals surface area contributed by atoms with E-state index in [0.717, 1.165) is 22.6 Å². The van der Waals surface area contributed by atoms with Crippen LogP contribution in [0.3, 0.4) is 0 Å². The number of anilines is 4. The number of benzene rings is 2. The van der Waals surface area contributed by atoms with Gasteiger partial charge in [0.1, 0.15) is 0 Å². The van der Waals surface area contributed by atoms with E-state index in [0.29, 0.717) is 12.1 Å². The fourth-order valence-electron chi connectivity index (χ4n) is 2.53. The molecule has 0 fully saturated rings. The lowest BCUT2D eigenvalue weighted by molar-refractivity contribution is -0.116. The van der Waals surface area contributed by atoms with Crippen LogP contribution >= 0.6 is 0 Å². The maximum Gasteiger partial charge on any atom is 0.243 e. The SMILES string of the molecule is CCC(=O)Nc1cccc(NCC(=O)Nc2ccc(N(C)C(C)=O)cc2)c1C. The molecular weight excluding hydrogens is 356 g/mol. The monoisotopic (exact) mass is 382 g/mol. The number of amides is 3. The van der Waals surface area contributed by atoms with Gasteiger partial charge in [0.2, 0.25) is 17.7 Å². The number of carbonyl (C=O) groups excluding carboxylic acids is 3. The topological polar surface area (TPSA) is 90.5 Å². The minimum atomic E-state index is -0.199. The molecule has 0 aliphatic carbocycles. The molecule has 2 aromatic carbocycles. The molecule has 0 radical (unpaired) electrons. The van der Waals surface area contributed by atoms with Gasteiger partial charge < -0.3 is 20.9 Å². The van der Waals surface area contributed by atoms with Gasteiger partial charge in [-0.3, -0.25) is 14.4 Å². The van der Waals surface area contributed by atoms with Gasteiger partial charge in [0.25, 0.3) is 0 Å². The molecule has 7 nitrogen and oxygen atoms in total. The Bertz CT molecular complexity index is 862. The van der Waals surface area contributed by atoms with Crippen molar-refractivity contribution in [3.05, 3.63) is 48.0 Å². The highest BCUT2D eigenvalue weighted by atomic mass is 16.2. The summed E-state index contributed by atoms with van der Waals surface area (Å²) in [6.45, 7) is 5.25. The van der Waals surface area contributed by atoms with Gasteiger partial charge in [-0.15, -0.1) is 0 Å². The van der Waals surface area contributed by atoms with E-state index in [1.54, 1.807) is 38.2 Å². The summed E-state index contributed by atoms with van der Waals surface area (Å²) < 4.78 is 0. The first kappa shape index (κ1) is 21.0. The molecule has 2 aromatic rings. The highest BCUT2D eigenvalue weighted by Crippen LogP contribution is 2.23. The van der Waals surface area contributed by atoms with Crippen LogP contribution in [0.2, 0.25) is 0 Å². The number of rotatable bonds is 7. The Morgan fingerprint density at radius 2 is 1.57 bits per heavy atom. The zero-order valence-corrected chi connectivity index (χ0v) is 16.6. The molecule has 3 amide bonds. The highest BCUT2D eigenvalue weighted by Gasteiger charge is 2.09. The van der Waals surface area contributed by atoms with Gasteiger partial charge in [-0.25, -0.2) is 0 Å². The molecule has 0 heterocycles. The van der Waals surface area contributed by atoms with Crippen LogP contribution in [-0.4, -0.2) is 31.3 Å². The van der Waals surface area contributed by atoms with Crippen LogP contribution in [-0.2, 0) is 14.4 Å². The van der Waals surface area contributed by atoms with Crippen molar-refractivity contribution in [3.63, 3.8) is 0 Å². The fourth-order valence-corrected chi connectivity index (χ4v) is 2.53. The third-order valence-electron chi connectivity index (χ3n) is 4.38. The van der Waals surface area contributed by atoms with E-state index in [1.807, 2.05) is 25.1 Å². The average molecular weight is 382 g/mol. The van der Waals surface area contributed by atoms with Crippen LogP contribution in [0.25, 0.3) is 0 Å². The summed E-state index contributed by atoms with van der Waals surface area (Å²) in [4.78, 5) is 36.7. The van der Waals surface area contributed by atoms with Crippen molar-refractivity contribution >= 4 is 40.5 Å². The largest absolute Gasteiger partial charge is 0.376 e. The summed E-state index contributed by atoms with van der Waals surface area (Å²) in [5.74, 6) is -0.319. The number of carbonyl (C=O) groups is 3. The molecule has 0 aromatic heterocycles. The van der Waals surface area contributed by atoms with Gasteiger partial charge in [0.15, 0.2) is 0 Å². The maximum atomic E-state index is 12.2. The Morgan fingerprint density at radius 1 is 0.929 bits per heavy atom. The van der Waals surface area contributed by atoms with Crippen LogP contribution in [0.4, 0.5) is 22.7 Å². The van der Waals surface area contributed by atoms with Crippen LogP contribution in [0.1, 0.15) is 25.8 Å². The summed E-state index contributed by atoms with van der Waals surface area (Å²) in [5, 5.41) is 8.74. The highest BCUT2D eigenvalue weighted by molar-refractivity contribution is 5.95. The van der Waals surface area contributed by atoms with Crippen molar-refractivity contribution < 1.29 is 14.4 Å². The molecule has 28 heavy (non-hydrogen) atoms. The number of nitrogens with zero attached hydrogens (tertiary/aromatic N) is 1. The fraction of sp³-hybridized carbons (Fsp3) is 0.286. The van der Waals surface area contributed by atoms with E-state index in [4.69, 9.17) is 0 Å². The van der Waals surface area contributed by atoms with Gasteiger partial charge in [-0.05, 0) is 48.9 Å². The molecule has 0 aliphatic heterocycles. The summed E-state index contributed by atoms with van der Waals surface area (Å²) in [6, 6.07) is 12.5. The molecule has 0 bridgehead atoms. The lowest BCUT2D eigenvalue weighted by atomic mass is 10.1. The second-order valence-electron chi connectivity index (χ2n) is 6.41. The minimum Gasteiger partial charge on any atom is -0.376 e. The van der Waals surface area contributed by atoms with Crippen molar-refractivity contribution in [1.82, 2.24) is 0 Å². The van der Waals surface area contributed by atoms with Crippen LogP contribution in [0.15, 0.2) is 42.5 Å². The summed E-state index contributed by atoms with van der Waals surface area (Å²) >= 11 is 0. The molecule has 3 N–H and O–H groups in total. The smallest absolute Gasteiger partial charge is 0.243 e. The number of hydrogen-bond donors (Lipinski definition) is 3. The zero-order valence-electron chi connectivity index (χ0n) is 16.6. The molecule has 0 atom stereocenters. The van der Waals surface area contributed by atoms with Crippen molar-refractivity contribution in [2.24, 2.45) is 0 Å². The quantitative estimate of drug-likeness (QED) is 0.685. The molecular formula is C21H26N4O3. The van der Waals surface area contributed by atoms with Crippen molar-refractivity contribution in [1.29, 1.82) is 0 Å². The maximum absolute atomic E-state index is 12.2. The van der Waals surface area contributed by atoms with Gasteiger partial charge in [-0.2, -0.15) is 0 Å². The van der Waals surface area contributed by atoms with Crippen molar-refractivity contribution in [2.45, 2.75) is 27.2 Å². The van der Waals surface area contributed by atoms with Gasteiger partial charge in [0, 0.05) is 43.1 Å². The van der Waals surface area contributed by atoms with Crippen LogP contribution in [0.5, 0.6) is 0 Å². The first-order chi connectivity index (χ1) is 13.3. The van der Waals surface area contributed by atoms with Crippen molar-refractivity contribution in [2.75, 3.05) is 34.4 Å². The van der Waals surface area contributed by atoms with Crippen LogP contribution < -0.4 is 20.9 Å². The number of nitrogens with one attached hydrogen (secondary N) is 3. The first-order valence-electron chi connectivity index (χ1n) is 9.09. The standard InChI is InChI=1S/C21H26N4O3/c1-5-20(27)24-19-8-6-7-18(14(19)2)22-13-21(28)23-16-9-11-17(12-10-16)25(4)15(3)26/h6-12,22H,5,13H2,1-4H3,(H,23,28)(H,24,27). The molecule has 0 aliphatic rings. The second kappa shape index (κ2) is 9.55. The van der Waals surface area contributed by atoms with E-state index < -0.39 is 0 Å². The molecule has 7 heteroatoms. The van der Waals surface area contributed by atoms with Gasteiger partial charge in [0.05, 0.1) is 6.54 Å². The Kier molecular flexibility index (Phi) is 7.14. The second-order valence-corrected chi connectivity index (χ2v) is 6.41. The predicted molar refractivity (Wildman–Crippen MR) is 113 cm³/mol. The third-order valence-corrected chi connectivity index (χ3v) is 4.38. The van der Waals surface area contributed by atoms with E-state index in [1.165, 1.54) is 11.8 Å². The van der Waals surface area contributed by atoms with Crippen LogP contribution in [0, 0.1) is 6.92 Å². The molecule has 0 spiro atoms. The number of hydrogen-bond acceptors (Lipinski definition) is 4. The predicted octanol–water partition coefficient (Wildman–Crippen LogP) is 3.38. The summed E-state index contributed by atoms with van der Waals surface area (Å²) in [7, 11) is 1.69. The van der Waals surface area contributed by atoms with Gasteiger partial charge >= 0.3 is 0 Å². The lowest BCUT2D eigenvalue weighted by Crippen LogP contribution is -2.23. The first-order valence-corrected chi connectivity index (χ1v) is 9.09. The normalized spacial score (nSPS) is 10.1. The minimum absolute atomic E-state index is 0.0585. The Labute approximate surface area is 165 Å². The van der Waals surface area contributed by atoms with Gasteiger partial charge in [-0.1, -0.05) is 13.0 Å². The van der Waals surface area contributed by atoms with E-state index in [2.05, 4.69) is 16.0 Å². The third kappa shape index (κ3) is 5.57. The Hall–Kier alpha value is -3.35. The summed E-state index contributed by atoms with van der Waals surface area (Å²) in [5.41, 5.74) is 3.78. The molecule has 0 unspecified atom stereocenters.